The summed E-state index contributed by atoms with van der Waals surface area (Å²) in [5, 5.41) is 1.94. The standard InChI is InChI=1S/C21H24N6OS/c1-26(2)10-11-28-17-9-8-14(12-23-17)13-27-19-15-6-4-5-7-16(15)24-20(22)18(19)25-21(27)29-3/h4-9,12H,10-11,13H2,1-3H3,(H2,22,24). The van der Waals surface area contributed by atoms with Crippen molar-refractivity contribution in [2.45, 2.75) is 11.7 Å². The molecule has 150 valence electrons. The van der Waals surface area contributed by atoms with E-state index in [1.807, 2.05) is 56.9 Å². The van der Waals surface area contributed by atoms with Crippen molar-refractivity contribution in [1.29, 1.82) is 0 Å². The molecule has 0 aliphatic rings. The maximum absolute atomic E-state index is 6.21. The summed E-state index contributed by atoms with van der Waals surface area (Å²) >= 11 is 1.59. The summed E-state index contributed by atoms with van der Waals surface area (Å²) in [6, 6.07) is 12.0. The van der Waals surface area contributed by atoms with Crippen molar-refractivity contribution < 1.29 is 4.74 Å². The van der Waals surface area contributed by atoms with Gasteiger partial charge < -0.3 is 19.9 Å². The SMILES string of the molecule is CSc1nc2c(N)nc3ccccc3c2n1Cc1ccc(OCCN(C)C)nc1. The van der Waals surface area contributed by atoms with Gasteiger partial charge in [-0.05, 0) is 32.0 Å². The number of likely N-dealkylation sites (N-methyl/N-ethyl adjacent to an activating group) is 1. The number of rotatable bonds is 7. The van der Waals surface area contributed by atoms with Gasteiger partial charge in [0.25, 0.3) is 0 Å². The number of nitrogens with two attached hydrogens (primary N) is 1. The van der Waals surface area contributed by atoms with Crippen molar-refractivity contribution >= 4 is 39.5 Å². The highest BCUT2D eigenvalue weighted by Gasteiger charge is 2.17. The zero-order valence-electron chi connectivity index (χ0n) is 16.8. The van der Waals surface area contributed by atoms with Gasteiger partial charge in [0.2, 0.25) is 5.88 Å². The minimum Gasteiger partial charge on any atom is -0.476 e. The van der Waals surface area contributed by atoms with Crippen molar-refractivity contribution in [2.75, 3.05) is 39.2 Å². The molecule has 2 N–H and O–H groups in total. The molecule has 0 fully saturated rings. The molecule has 0 saturated carbocycles. The van der Waals surface area contributed by atoms with Gasteiger partial charge in [-0.2, -0.15) is 0 Å². The number of nitrogens with zero attached hydrogens (tertiary/aromatic N) is 5. The maximum atomic E-state index is 6.21. The third-order valence-corrected chi connectivity index (χ3v) is 5.36. The molecular formula is C21H24N6OS. The fourth-order valence-corrected chi connectivity index (χ4v) is 3.80. The van der Waals surface area contributed by atoms with Crippen molar-refractivity contribution in [1.82, 2.24) is 24.4 Å². The van der Waals surface area contributed by atoms with E-state index in [0.29, 0.717) is 24.8 Å². The summed E-state index contributed by atoms with van der Waals surface area (Å²) in [4.78, 5) is 15.8. The lowest BCUT2D eigenvalue weighted by molar-refractivity contribution is 0.254. The Morgan fingerprint density at radius 1 is 1.14 bits per heavy atom. The van der Waals surface area contributed by atoms with Gasteiger partial charge in [-0.25, -0.2) is 15.0 Å². The third kappa shape index (κ3) is 3.99. The molecule has 3 aromatic heterocycles. The Balaban J connectivity index is 1.69. The van der Waals surface area contributed by atoms with Crippen LogP contribution < -0.4 is 10.5 Å². The van der Waals surface area contributed by atoms with Gasteiger partial charge in [-0.3, -0.25) is 0 Å². The van der Waals surface area contributed by atoms with Crippen LogP contribution in [0.25, 0.3) is 21.9 Å². The number of ether oxygens (including phenoxy) is 1. The van der Waals surface area contributed by atoms with Crippen LogP contribution in [0.15, 0.2) is 47.8 Å². The number of aromatic nitrogens is 4. The van der Waals surface area contributed by atoms with Crippen molar-refractivity contribution in [3.8, 4) is 5.88 Å². The second-order valence-electron chi connectivity index (χ2n) is 7.05. The van der Waals surface area contributed by atoms with Crippen LogP contribution in [0.4, 0.5) is 5.82 Å². The van der Waals surface area contributed by atoms with Crippen LogP contribution >= 0.6 is 11.8 Å². The number of pyridine rings is 2. The number of para-hydroxylation sites is 1. The Kier molecular flexibility index (Phi) is 5.55. The van der Waals surface area contributed by atoms with E-state index >= 15 is 0 Å². The number of anilines is 1. The Hall–Kier alpha value is -2.84. The van der Waals surface area contributed by atoms with Gasteiger partial charge in [0, 0.05) is 24.2 Å². The molecule has 0 spiro atoms. The van der Waals surface area contributed by atoms with E-state index in [2.05, 4.69) is 25.5 Å². The molecule has 4 rings (SSSR count). The Morgan fingerprint density at radius 3 is 2.69 bits per heavy atom. The number of benzene rings is 1. The molecule has 1 aromatic carbocycles. The van der Waals surface area contributed by atoms with Gasteiger partial charge >= 0.3 is 0 Å². The Bertz CT molecular complexity index is 1140. The van der Waals surface area contributed by atoms with Crippen LogP contribution in [-0.4, -0.2) is 57.9 Å². The predicted octanol–water partition coefficient (Wildman–Crippen LogP) is 3.27. The molecule has 4 aromatic rings. The Morgan fingerprint density at radius 2 is 1.97 bits per heavy atom. The molecular weight excluding hydrogens is 384 g/mol. The van der Waals surface area contributed by atoms with Gasteiger partial charge in [-0.15, -0.1) is 0 Å². The predicted molar refractivity (Wildman–Crippen MR) is 119 cm³/mol. The summed E-state index contributed by atoms with van der Waals surface area (Å²) < 4.78 is 7.88. The van der Waals surface area contributed by atoms with Crippen LogP contribution in [-0.2, 0) is 6.54 Å². The van der Waals surface area contributed by atoms with Crippen LogP contribution in [0.1, 0.15) is 5.56 Å². The molecule has 0 amide bonds. The van der Waals surface area contributed by atoms with Crippen molar-refractivity contribution in [3.63, 3.8) is 0 Å². The van der Waals surface area contributed by atoms with E-state index < -0.39 is 0 Å². The quantitative estimate of drug-likeness (QED) is 0.470. The summed E-state index contributed by atoms with van der Waals surface area (Å²) in [5.41, 5.74) is 9.89. The first-order valence-electron chi connectivity index (χ1n) is 9.37. The number of hydrogen-bond donors (Lipinski definition) is 1. The topological polar surface area (TPSA) is 82.1 Å². The zero-order chi connectivity index (χ0) is 20.4. The first-order chi connectivity index (χ1) is 14.1. The fraction of sp³-hybridized carbons (Fsp3) is 0.286. The van der Waals surface area contributed by atoms with Crippen LogP contribution in [0.3, 0.4) is 0 Å². The highest BCUT2D eigenvalue weighted by atomic mass is 32.2. The van der Waals surface area contributed by atoms with Crippen molar-refractivity contribution in [2.24, 2.45) is 0 Å². The highest BCUT2D eigenvalue weighted by molar-refractivity contribution is 7.98. The zero-order valence-corrected chi connectivity index (χ0v) is 17.6. The summed E-state index contributed by atoms with van der Waals surface area (Å²) in [6.45, 7) is 2.11. The summed E-state index contributed by atoms with van der Waals surface area (Å²) in [7, 11) is 4.04. The van der Waals surface area contributed by atoms with E-state index in [1.165, 1.54) is 0 Å². The lowest BCUT2D eigenvalue weighted by atomic mass is 10.2. The third-order valence-electron chi connectivity index (χ3n) is 4.68. The van der Waals surface area contributed by atoms with Gasteiger partial charge in [-0.1, -0.05) is 36.0 Å². The van der Waals surface area contributed by atoms with E-state index in [9.17, 15) is 0 Å². The monoisotopic (exact) mass is 408 g/mol. The van der Waals surface area contributed by atoms with Crippen LogP contribution in [0, 0.1) is 0 Å². The van der Waals surface area contributed by atoms with E-state index in [1.54, 1.807) is 11.8 Å². The molecule has 0 saturated heterocycles. The molecule has 0 atom stereocenters. The fourth-order valence-electron chi connectivity index (χ4n) is 3.25. The average Bonchev–Trinajstić information content (AvgIpc) is 3.08. The second kappa shape index (κ2) is 8.26. The summed E-state index contributed by atoms with van der Waals surface area (Å²) in [5.74, 6) is 1.09. The molecule has 0 bridgehead atoms. The average molecular weight is 409 g/mol. The molecule has 0 aliphatic heterocycles. The first kappa shape index (κ1) is 19.5. The smallest absolute Gasteiger partial charge is 0.213 e. The molecule has 8 heteroatoms. The molecule has 0 aliphatic carbocycles. The number of imidazole rings is 1. The highest BCUT2D eigenvalue weighted by Crippen LogP contribution is 2.32. The summed E-state index contributed by atoms with van der Waals surface area (Å²) in [6.07, 6.45) is 3.87. The maximum Gasteiger partial charge on any atom is 0.213 e. The lowest BCUT2D eigenvalue weighted by Gasteiger charge is -2.12. The first-order valence-corrected chi connectivity index (χ1v) is 10.6. The van der Waals surface area contributed by atoms with Gasteiger partial charge in [0.05, 0.1) is 17.6 Å². The van der Waals surface area contributed by atoms with Gasteiger partial charge in [0.1, 0.15) is 12.1 Å². The number of fused-ring (bicyclic) bond motifs is 3. The largest absolute Gasteiger partial charge is 0.476 e. The minimum absolute atomic E-state index is 0.454. The van der Waals surface area contributed by atoms with Gasteiger partial charge in [0.15, 0.2) is 11.0 Å². The van der Waals surface area contributed by atoms with Crippen molar-refractivity contribution in [3.05, 3.63) is 48.2 Å². The number of hydrogen-bond acceptors (Lipinski definition) is 7. The number of thioether (sulfide) groups is 1. The molecule has 0 unspecified atom stereocenters. The molecule has 3 heterocycles. The van der Waals surface area contributed by atoms with E-state index in [-0.39, 0.29) is 0 Å². The normalized spacial score (nSPS) is 11.6. The van der Waals surface area contributed by atoms with Crippen LogP contribution in [0.2, 0.25) is 0 Å². The molecule has 29 heavy (non-hydrogen) atoms. The van der Waals surface area contributed by atoms with E-state index in [0.717, 1.165) is 39.2 Å². The number of nitrogen functional groups attached to an aromatic ring is 1. The second-order valence-corrected chi connectivity index (χ2v) is 7.83. The Labute approximate surface area is 173 Å². The lowest BCUT2D eigenvalue weighted by Crippen LogP contribution is -2.19. The molecule has 7 nitrogen and oxygen atoms in total. The van der Waals surface area contributed by atoms with E-state index in [4.69, 9.17) is 15.5 Å². The van der Waals surface area contributed by atoms with Crippen LogP contribution in [0.5, 0.6) is 5.88 Å². The minimum atomic E-state index is 0.454. The molecule has 0 radical (unpaired) electrons.